The molecule has 3 rings (SSSR count). The number of ketones is 1. The fourth-order valence-electron chi connectivity index (χ4n) is 2.12. The molecule has 2 aliphatic carbocycles. The Balaban J connectivity index is 0.000000448. The molecule has 0 unspecified atom stereocenters. The van der Waals surface area contributed by atoms with Crippen LogP contribution in [-0.2, 0) is 21.9 Å². The Bertz CT molecular complexity index is 534. The van der Waals surface area contributed by atoms with Gasteiger partial charge in [-0.15, -0.1) is 0 Å². The number of nitro groups is 1. The molecule has 128 valence electrons. The van der Waals surface area contributed by atoms with Crippen LogP contribution in [-0.4, -0.2) is 17.3 Å². The van der Waals surface area contributed by atoms with Crippen molar-refractivity contribution < 1.29 is 26.8 Å². The van der Waals surface area contributed by atoms with Gasteiger partial charge in [-0.1, -0.05) is 12.1 Å². The Morgan fingerprint density at radius 1 is 0.960 bits per heavy atom. The number of Topliss-reactive ketones (excluding diaryl/α,β-unsaturated/α-hetero) is 1. The second-order valence-corrected chi connectivity index (χ2v) is 5.01. The number of carbonyl (C=O) groups excluding carboxylic acids is 1. The van der Waals surface area contributed by atoms with Gasteiger partial charge in [0.05, 0.1) is 4.92 Å². The summed E-state index contributed by atoms with van der Waals surface area (Å²) in [5.41, 5.74) is 0.450. The summed E-state index contributed by atoms with van der Waals surface area (Å²) < 4.78 is 0. The monoisotopic (exact) mass is 378 g/mol. The molecule has 1 aromatic carbocycles. The Kier molecular flexibility index (Phi) is 10.4. The number of hydrogen-bond acceptors (Lipinski definition) is 4. The largest absolute Gasteiger partial charge is 2.00 e. The standard InChI is InChI=1S/C14H13N2O3.C5H5.Fe/c17-14(11-5-1-2-6-11)9-10-15-12-7-3-4-8-13(12)16(18)19;1-2-4-5-3-1;/h1-8,15H,9-10H2;1-5H;/q;;+2. The van der Waals surface area contributed by atoms with Crippen molar-refractivity contribution in [1.29, 1.82) is 0 Å². The number of para-hydroxylation sites is 2. The summed E-state index contributed by atoms with van der Waals surface area (Å²) in [6, 6.07) is 6.39. The molecule has 2 aliphatic rings. The van der Waals surface area contributed by atoms with E-state index in [1.807, 2.05) is 44.9 Å². The number of rotatable bonds is 6. The van der Waals surface area contributed by atoms with Gasteiger partial charge in [-0.3, -0.25) is 14.9 Å². The van der Waals surface area contributed by atoms with Crippen LogP contribution in [0.4, 0.5) is 11.4 Å². The molecule has 6 heteroatoms. The molecule has 0 heterocycles. The molecular weight excluding hydrogens is 360 g/mol. The van der Waals surface area contributed by atoms with E-state index in [1.54, 1.807) is 31.0 Å². The summed E-state index contributed by atoms with van der Waals surface area (Å²) in [6.07, 6.45) is 17.4. The van der Waals surface area contributed by atoms with Gasteiger partial charge in [0.15, 0.2) is 0 Å². The predicted octanol–water partition coefficient (Wildman–Crippen LogP) is 3.39. The first-order valence-corrected chi connectivity index (χ1v) is 7.57. The molecule has 10 radical (unpaired) electrons. The van der Waals surface area contributed by atoms with Gasteiger partial charge in [0.1, 0.15) is 11.5 Å². The van der Waals surface area contributed by atoms with Gasteiger partial charge in [-0.2, -0.15) is 0 Å². The number of hydrogen-bond donors (Lipinski definition) is 1. The van der Waals surface area contributed by atoms with E-state index in [0.29, 0.717) is 24.6 Å². The first-order valence-electron chi connectivity index (χ1n) is 7.57. The van der Waals surface area contributed by atoms with Crippen LogP contribution in [0.25, 0.3) is 0 Å². The first-order chi connectivity index (χ1) is 11.7. The molecule has 0 aliphatic heterocycles. The van der Waals surface area contributed by atoms with Gasteiger partial charge in [0.25, 0.3) is 5.69 Å². The Morgan fingerprint density at radius 3 is 2.08 bits per heavy atom. The average Bonchev–Trinajstić information content (AvgIpc) is 3.31. The van der Waals surface area contributed by atoms with Crippen LogP contribution in [0.3, 0.4) is 0 Å². The molecule has 0 saturated heterocycles. The van der Waals surface area contributed by atoms with Crippen LogP contribution in [0.1, 0.15) is 6.42 Å². The van der Waals surface area contributed by atoms with Crippen LogP contribution < -0.4 is 5.32 Å². The van der Waals surface area contributed by atoms with Crippen molar-refractivity contribution in [1.82, 2.24) is 0 Å². The van der Waals surface area contributed by atoms with Crippen LogP contribution >= 0.6 is 0 Å². The third-order valence-corrected chi connectivity index (χ3v) is 3.31. The van der Waals surface area contributed by atoms with E-state index < -0.39 is 4.92 Å². The van der Waals surface area contributed by atoms with E-state index in [1.165, 1.54) is 6.07 Å². The summed E-state index contributed by atoms with van der Waals surface area (Å²) in [7, 11) is 0. The zero-order valence-electron chi connectivity index (χ0n) is 13.4. The van der Waals surface area contributed by atoms with Crippen LogP contribution in [0, 0.1) is 73.8 Å². The summed E-state index contributed by atoms with van der Waals surface area (Å²) >= 11 is 0. The molecule has 1 N–H and O–H groups in total. The maximum Gasteiger partial charge on any atom is 2.00 e. The van der Waals surface area contributed by atoms with E-state index in [4.69, 9.17) is 0 Å². The van der Waals surface area contributed by atoms with Crippen molar-refractivity contribution in [3.8, 4) is 0 Å². The predicted molar refractivity (Wildman–Crippen MR) is 93.2 cm³/mol. The van der Waals surface area contributed by atoms with Crippen molar-refractivity contribution in [3.63, 3.8) is 0 Å². The van der Waals surface area contributed by atoms with Gasteiger partial charge in [0, 0.05) is 24.9 Å². The third-order valence-electron chi connectivity index (χ3n) is 3.31. The quantitative estimate of drug-likeness (QED) is 0.468. The fraction of sp³-hybridized carbons (Fsp3) is 0.105. The van der Waals surface area contributed by atoms with Gasteiger partial charge >= 0.3 is 17.1 Å². The Labute approximate surface area is 160 Å². The molecule has 1 aromatic rings. The molecule has 2 saturated carbocycles. The number of anilines is 1. The minimum atomic E-state index is -0.443. The molecule has 0 amide bonds. The van der Waals surface area contributed by atoms with Crippen molar-refractivity contribution in [2.75, 3.05) is 11.9 Å². The second-order valence-electron chi connectivity index (χ2n) is 5.01. The molecule has 5 nitrogen and oxygen atoms in total. The number of nitrogens with zero attached hydrogens (tertiary/aromatic N) is 1. The number of benzene rings is 1. The minimum absolute atomic E-state index is 0. The Morgan fingerprint density at radius 2 is 1.52 bits per heavy atom. The molecule has 2 fully saturated rings. The average molecular weight is 378 g/mol. The van der Waals surface area contributed by atoms with E-state index in [2.05, 4.69) is 5.32 Å². The molecule has 0 spiro atoms. The minimum Gasteiger partial charge on any atom is -0.379 e. The molecule has 0 aromatic heterocycles. The van der Waals surface area contributed by atoms with Crippen molar-refractivity contribution in [3.05, 3.63) is 98.1 Å². The van der Waals surface area contributed by atoms with E-state index in [9.17, 15) is 14.9 Å². The van der Waals surface area contributed by atoms with Crippen molar-refractivity contribution in [2.24, 2.45) is 0 Å². The van der Waals surface area contributed by atoms with Crippen LogP contribution in [0.2, 0.25) is 0 Å². The smallest absolute Gasteiger partial charge is 0.379 e. The normalized spacial score (nSPS) is 16.5. The number of nitrogens with one attached hydrogen (secondary N) is 1. The summed E-state index contributed by atoms with van der Waals surface area (Å²) in [5.74, 6) is 0.695. The van der Waals surface area contributed by atoms with Gasteiger partial charge < -0.3 is 5.32 Å². The summed E-state index contributed by atoms with van der Waals surface area (Å²) in [6.45, 7) is 0.370. The molecule has 0 atom stereocenters. The van der Waals surface area contributed by atoms with Crippen molar-refractivity contribution in [2.45, 2.75) is 6.42 Å². The summed E-state index contributed by atoms with van der Waals surface area (Å²) in [4.78, 5) is 22.1. The topological polar surface area (TPSA) is 72.2 Å². The third kappa shape index (κ3) is 7.57. The number of nitro benzene ring substituents is 1. The van der Waals surface area contributed by atoms with E-state index >= 15 is 0 Å². The van der Waals surface area contributed by atoms with E-state index in [0.717, 1.165) is 0 Å². The van der Waals surface area contributed by atoms with Crippen LogP contribution in [0.15, 0.2) is 24.3 Å². The van der Waals surface area contributed by atoms with Crippen LogP contribution in [0.5, 0.6) is 0 Å². The SMILES string of the molecule is O=C(CCNc1ccccc1[N+](=O)[O-])[C]1[CH][CH][CH][CH]1.[CH]1[CH][CH][CH][CH]1.[Fe+2]. The van der Waals surface area contributed by atoms with Gasteiger partial charge in [-0.25, -0.2) is 0 Å². The number of carbonyl (C=O) groups is 1. The Hall–Kier alpha value is -1.39. The van der Waals surface area contributed by atoms with Gasteiger partial charge in [0.2, 0.25) is 0 Å². The molecular formula is C19H18FeN2O3+2. The molecule has 0 bridgehead atoms. The second kappa shape index (κ2) is 12.0. The summed E-state index contributed by atoms with van der Waals surface area (Å²) in [5, 5.41) is 13.7. The zero-order valence-corrected chi connectivity index (χ0v) is 14.5. The van der Waals surface area contributed by atoms with Crippen molar-refractivity contribution >= 4 is 17.2 Å². The molecule has 25 heavy (non-hydrogen) atoms. The first kappa shape index (κ1) is 21.7. The fourth-order valence-corrected chi connectivity index (χ4v) is 2.12. The zero-order chi connectivity index (χ0) is 17.2. The maximum absolute atomic E-state index is 11.7. The maximum atomic E-state index is 11.7. The van der Waals surface area contributed by atoms with E-state index in [-0.39, 0.29) is 28.5 Å². The van der Waals surface area contributed by atoms with Gasteiger partial charge in [-0.05, 0) is 63.9 Å².